The van der Waals surface area contributed by atoms with E-state index in [0.717, 1.165) is 25.7 Å². The molecule has 0 bridgehead atoms. The molecule has 3 heteroatoms. The van der Waals surface area contributed by atoms with Gasteiger partial charge in [-0.05, 0) is 61.1 Å². The van der Waals surface area contributed by atoms with Crippen molar-refractivity contribution in [2.24, 2.45) is 29.2 Å². The SMILES string of the molecule is NCC1CCC(C(N)=O)C(C(Cc2ccccc2)c2ccccc2)C1. The topological polar surface area (TPSA) is 69.1 Å². The Morgan fingerprint density at radius 1 is 1.00 bits per heavy atom. The number of nitrogens with two attached hydrogens (primary N) is 2. The summed E-state index contributed by atoms with van der Waals surface area (Å²) >= 11 is 0. The predicted octanol–water partition coefficient (Wildman–Crippen LogP) is 3.49. The lowest BCUT2D eigenvalue weighted by atomic mass is 9.65. The molecule has 3 nitrogen and oxygen atoms in total. The lowest BCUT2D eigenvalue weighted by Crippen LogP contribution is -2.40. The van der Waals surface area contributed by atoms with E-state index in [4.69, 9.17) is 11.5 Å². The summed E-state index contributed by atoms with van der Waals surface area (Å²) in [5.74, 6) is 0.812. The van der Waals surface area contributed by atoms with E-state index in [0.29, 0.717) is 12.5 Å². The molecule has 2 aromatic carbocycles. The van der Waals surface area contributed by atoms with Crippen LogP contribution in [-0.4, -0.2) is 12.5 Å². The predicted molar refractivity (Wildman–Crippen MR) is 102 cm³/mol. The fourth-order valence-corrected chi connectivity index (χ4v) is 4.39. The Kier molecular flexibility index (Phi) is 5.87. The molecule has 1 aliphatic rings. The minimum absolute atomic E-state index is 0.0586. The van der Waals surface area contributed by atoms with Gasteiger partial charge in [-0.2, -0.15) is 0 Å². The fraction of sp³-hybridized carbons (Fsp3) is 0.409. The second-order valence-corrected chi connectivity index (χ2v) is 7.29. The van der Waals surface area contributed by atoms with Crippen LogP contribution in [0.1, 0.15) is 36.3 Å². The highest BCUT2D eigenvalue weighted by molar-refractivity contribution is 5.77. The molecule has 4 atom stereocenters. The van der Waals surface area contributed by atoms with Crippen molar-refractivity contribution in [3.63, 3.8) is 0 Å². The zero-order chi connectivity index (χ0) is 17.6. The van der Waals surface area contributed by atoms with Crippen LogP contribution in [0.2, 0.25) is 0 Å². The maximum absolute atomic E-state index is 12.1. The molecule has 1 amide bonds. The Labute approximate surface area is 150 Å². The van der Waals surface area contributed by atoms with Crippen LogP contribution in [0.5, 0.6) is 0 Å². The zero-order valence-electron chi connectivity index (χ0n) is 14.7. The van der Waals surface area contributed by atoms with Gasteiger partial charge in [0.2, 0.25) is 5.91 Å². The van der Waals surface area contributed by atoms with Crippen LogP contribution < -0.4 is 11.5 Å². The quantitative estimate of drug-likeness (QED) is 0.848. The van der Waals surface area contributed by atoms with Gasteiger partial charge < -0.3 is 11.5 Å². The Bertz CT molecular complexity index is 671. The molecule has 25 heavy (non-hydrogen) atoms. The van der Waals surface area contributed by atoms with E-state index in [9.17, 15) is 4.79 Å². The molecule has 2 aromatic rings. The van der Waals surface area contributed by atoms with E-state index in [1.807, 2.05) is 12.1 Å². The maximum Gasteiger partial charge on any atom is 0.220 e. The van der Waals surface area contributed by atoms with Gasteiger partial charge in [-0.25, -0.2) is 0 Å². The van der Waals surface area contributed by atoms with E-state index in [-0.39, 0.29) is 23.7 Å². The second-order valence-electron chi connectivity index (χ2n) is 7.29. The summed E-state index contributed by atoms with van der Waals surface area (Å²) in [5.41, 5.74) is 14.3. The molecule has 132 valence electrons. The van der Waals surface area contributed by atoms with E-state index >= 15 is 0 Å². The van der Waals surface area contributed by atoms with Crippen molar-refractivity contribution in [2.75, 3.05) is 6.54 Å². The van der Waals surface area contributed by atoms with Crippen LogP contribution in [0, 0.1) is 17.8 Å². The molecule has 0 saturated heterocycles. The minimum Gasteiger partial charge on any atom is -0.369 e. The van der Waals surface area contributed by atoms with Crippen molar-refractivity contribution in [1.82, 2.24) is 0 Å². The number of benzene rings is 2. The van der Waals surface area contributed by atoms with Gasteiger partial charge in [0.25, 0.3) is 0 Å². The third-order valence-corrected chi connectivity index (χ3v) is 5.75. The highest BCUT2D eigenvalue weighted by atomic mass is 16.1. The van der Waals surface area contributed by atoms with Gasteiger partial charge in [-0.15, -0.1) is 0 Å². The Morgan fingerprint density at radius 3 is 2.24 bits per heavy atom. The minimum atomic E-state index is -0.158. The average molecular weight is 336 g/mol. The average Bonchev–Trinajstić information content (AvgIpc) is 2.67. The smallest absolute Gasteiger partial charge is 0.220 e. The monoisotopic (exact) mass is 336 g/mol. The van der Waals surface area contributed by atoms with Gasteiger partial charge in [0.05, 0.1) is 0 Å². The third-order valence-electron chi connectivity index (χ3n) is 5.75. The van der Waals surface area contributed by atoms with Crippen LogP contribution >= 0.6 is 0 Å². The first-order chi connectivity index (χ1) is 12.2. The van der Waals surface area contributed by atoms with E-state index in [2.05, 4.69) is 48.5 Å². The Hall–Kier alpha value is -2.13. The summed E-state index contributed by atoms with van der Waals surface area (Å²) in [5, 5.41) is 0. The molecule has 0 aliphatic heterocycles. The lowest BCUT2D eigenvalue weighted by molar-refractivity contribution is -0.125. The maximum atomic E-state index is 12.1. The summed E-state index contributed by atoms with van der Waals surface area (Å²) in [4.78, 5) is 12.1. The van der Waals surface area contributed by atoms with Gasteiger partial charge in [-0.1, -0.05) is 60.7 Å². The lowest BCUT2D eigenvalue weighted by Gasteiger charge is -2.39. The third kappa shape index (κ3) is 4.29. The number of carbonyl (C=O) groups is 1. The van der Waals surface area contributed by atoms with Crippen LogP contribution in [0.4, 0.5) is 0 Å². The van der Waals surface area contributed by atoms with E-state index in [1.165, 1.54) is 11.1 Å². The summed E-state index contributed by atoms with van der Waals surface area (Å²) in [6.45, 7) is 0.689. The molecule has 3 rings (SSSR count). The van der Waals surface area contributed by atoms with E-state index < -0.39 is 0 Å². The largest absolute Gasteiger partial charge is 0.369 e. The summed E-state index contributed by atoms with van der Waals surface area (Å²) in [6, 6.07) is 21.1. The Morgan fingerprint density at radius 2 is 1.64 bits per heavy atom. The van der Waals surface area contributed by atoms with Crippen molar-refractivity contribution >= 4 is 5.91 Å². The summed E-state index contributed by atoms with van der Waals surface area (Å²) in [6.07, 6.45) is 3.78. The van der Waals surface area contributed by atoms with Crippen molar-refractivity contribution < 1.29 is 4.79 Å². The van der Waals surface area contributed by atoms with Crippen molar-refractivity contribution in [3.8, 4) is 0 Å². The highest BCUT2D eigenvalue weighted by Gasteiger charge is 2.38. The molecular formula is C22H28N2O. The normalized spacial score (nSPS) is 24.6. The van der Waals surface area contributed by atoms with Gasteiger partial charge in [0, 0.05) is 5.92 Å². The van der Waals surface area contributed by atoms with Crippen molar-refractivity contribution in [1.29, 1.82) is 0 Å². The zero-order valence-corrected chi connectivity index (χ0v) is 14.7. The number of primary amides is 1. The van der Waals surface area contributed by atoms with Crippen LogP contribution in [0.3, 0.4) is 0 Å². The molecule has 1 aliphatic carbocycles. The van der Waals surface area contributed by atoms with Gasteiger partial charge in [0.15, 0.2) is 0 Å². The van der Waals surface area contributed by atoms with Gasteiger partial charge in [0.1, 0.15) is 0 Å². The molecule has 0 heterocycles. The highest BCUT2D eigenvalue weighted by Crippen LogP contribution is 2.43. The number of rotatable bonds is 6. The molecule has 0 radical (unpaired) electrons. The first-order valence-electron chi connectivity index (χ1n) is 9.27. The van der Waals surface area contributed by atoms with Crippen LogP contribution in [-0.2, 0) is 11.2 Å². The molecule has 4 unspecified atom stereocenters. The molecular weight excluding hydrogens is 308 g/mol. The van der Waals surface area contributed by atoms with Crippen LogP contribution in [0.15, 0.2) is 60.7 Å². The number of carbonyl (C=O) groups excluding carboxylic acids is 1. The molecule has 1 saturated carbocycles. The summed E-state index contributed by atoms with van der Waals surface area (Å²) < 4.78 is 0. The van der Waals surface area contributed by atoms with Crippen LogP contribution in [0.25, 0.3) is 0 Å². The molecule has 0 spiro atoms. The van der Waals surface area contributed by atoms with E-state index in [1.54, 1.807) is 0 Å². The number of amides is 1. The fourth-order valence-electron chi connectivity index (χ4n) is 4.39. The first kappa shape index (κ1) is 17.7. The molecule has 4 N–H and O–H groups in total. The molecule has 0 aromatic heterocycles. The number of hydrogen-bond donors (Lipinski definition) is 2. The summed E-state index contributed by atoms with van der Waals surface area (Å²) in [7, 11) is 0. The van der Waals surface area contributed by atoms with Crippen molar-refractivity contribution in [2.45, 2.75) is 31.6 Å². The van der Waals surface area contributed by atoms with Gasteiger partial charge >= 0.3 is 0 Å². The number of hydrogen-bond acceptors (Lipinski definition) is 2. The second kappa shape index (κ2) is 8.30. The Balaban J connectivity index is 1.94. The van der Waals surface area contributed by atoms with Gasteiger partial charge in [-0.3, -0.25) is 4.79 Å². The first-order valence-corrected chi connectivity index (χ1v) is 9.27. The standard InChI is InChI=1S/C22H28N2O/c23-15-17-11-12-19(22(24)25)21(14-17)20(18-9-5-2-6-10-18)13-16-7-3-1-4-8-16/h1-10,17,19-21H,11-15,23H2,(H2,24,25). The molecule has 1 fully saturated rings. The van der Waals surface area contributed by atoms with Crippen molar-refractivity contribution in [3.05, 3.63) is 71.8 Å².